The third-order valence-electron chi connectivity index (χ3n) is 1.41. The van der Waals surface area contributed by atoms with Gasteiger partial charge < -0.3 is 10.1 Å². The first kappa shape index (κ1) is 7.78. The molecule has 0 bridgehead atoms. The molecule has 0 unspecified atom stereocenters. The average molecular weight is 155 g/mol. The first-order valence-electron chi connectivity index (χ1n) is 3.36. The fourth-order valence-corrected chi connectivity index (χ4v) is 0.880. The van der Waals surface area contributed by atoms with Crippen molar-refractivity contribution in [2.75, 3.05) is 19.0 Å². The van der Waals surface area contributed by atoms with Crippen molar-refractivity contribution < 1.29 is 4.74 Å². The first-order valence-corrected chi connectivity index (χ1v) is 3.36. The van der Waals surface area contributed by atoms with Crippen LogP contribution in [0.2, 0.25) is 0 Å². The van der Waals surface area contributed by atoms with Gasteiger partial charge in [0.1, 0.15) is 5.69 Å². The van der Waals surface area contributed by atoms with E-state index in [-0.39, 0.29) is 11.4 Å². The summed E-state index contributed by atoms with van der Waals surface area (Å²) in [6.07, 6.45) is 0. The molecule has 0 atom stereocenters. The van der Waals surface area contributed by atoms with Gasteiger partial charge in [-0.25, -0.2) is 0 Å². The molecule has 0 aliphatic heterocycles. The highest BCUT2D eigenvalue weighted by molar-refractivity contribution is 5.61. The predicted octanol–water partition coefficient (Wildman–Crippen LogP) is -0.277. The zero-order valence-corrected chi connectivity index (χ0v) is 6.43. The van der Waals surface area contributed by atoms with Crippen LogP contribution in [0.5, 0.6) is 5.75 Å². The van der Waals surface area contributed by atoms with Crippen molar-refractivity contribution in [1.29, 1.82) is 0 Å². The Hall–Kier alpha value is -1.32. The van der Waals surface area contributed by atoms with Crippen LogP contribution in [0.1, 0.15) is 6.92 Å². The molecule has 1 N–H and O–H groups in total. The molecule has 0 radical (unpaired) electrons. The second-order valence-electron chi connectivity index (χ2n) is 2.05. The number of ether oxygens (including phenoxy) is 1. The van der Waals surface area contributed by atoms with Gasteiger partial charge in [0.2, 0.25) is 0 Å². The van der Waals surface area contributed by atoms with E-state index in [1.165, 1.54) is 0 Å². The van der Waals surface area contributed by atoms with Crippen LogP contribution >= 0.6 is 0 Å². The fourth-order valence-electron chi connectivity index (χ4n) is 0.880. The molecule has 0 aliphatic carbocycles. The highest BCUT2D eigenvalue weighted by atomic mass is 16.5. The van der Waals surface area contributed by atoms with Gasteiger partial charge in [0.05, 0.1) is 6.61 Å². The van der Waals surface area contributed by atoms with Crippen LogP contribution in [-0.4, -0.2) is 13.7 Å². The summed E-state index contributed by atoms with van der Waals surface area (Å²) in [5.74, 6) is 0.167. The second-order valence-corrected chi connectivity index (χ2v) is 2.05. The van der Waals surface area contributed by atoms with Gasteiger partial charge >= 0.3 is 0 Å². The standard InChI is InChI=1S/C7H9NO3/c1-3-11-7-4(8-2)5(9)6(7)10/h8H,3H2,1-2H3. The maximum Gasteiger partial charge on any atom is 0.272 e. The van der Waals surface area contributed by atoms with Crippen molar-refractivity contribution >= 4 is 5.69 Å². The van der Waals surface area contributed by atoms with E-state index in [4.69, 9.17) is 4.74 Å². The Morgan fingerprint density at radius 1 is 1.36 bits per heavy atom. The van der Waals surface area contributed by atoms with Crippen LogP contribution in [0, 0.1) is 0 Å². The second kappa shape index (κ2) is 2.74. The van der Waals surface area contributed by atoms with E-state index in [1.807, 2.05) is 0 Å². The van der Waals surface area contributed by atoms with Crippen molar-refractivity contribution in [1.82, 2.24) is 0 Å². The summed E-state index contributed by atoms with van der Waals surface area (Å²) in [6.45, 7) is 2.16. The monoisotopic (exact) mass is 155 g/mol. The van der Waals surface area contributed by atoms with Gasteiger partial charge in [0.25, 0.3) is 10.9 Å². The Morgan fingerprint density at radius 2 is 2.00 bits per heavy atom. The van der Waals surface area contributed by atoms with Gasteiger partial charge in [-0.2, -0.15) is 0 Å². The molecule has 60 valence electrons. The minimum absolute atomic E-state index is 0.167. The number of rotatable bonds is 3. The van der Waals surface area contributed by atoms with Crippen LogP contribution in [0.4, 0.5) is 5.69 Å². The fraction of sp³-hybridized carbons (Fsp3) is 0.429. The molecule has 1 aromatic carbocycles. The molecule has 0 aliphatic rings. The Balaban J connectivity index is 2.98. The van der Waals surface area contributed by atoms with Crippen molar-refractivity contribution in [2.45, 2.75) is 6.92 Å². The van der Waals surface area contributed by atoms with Gasteiger partial charge in [0.15, 0.2) is 5.75 Å². The lowest BCUT2D eigenvalue weighted by molar-refractivity contribution is 0.335. The zero-order valence-electron chi connectivity index (χ0n) is 6.43. The molecule has 0 amide bonds. The summed E-state index contributed by atoms with van der Waals surface area (Å²) < 4.78 is 4.91. The third-order valence-corrected chi connectivity index (χ3v) is 1.41. The van der Waals surface area contributed by atoms with Crippen LogP contribution in [-0.2, 0) is 0 Å². The van der Waals surface area contributed by atoms with E-state index in [9.17, 15) is 9.59 Å². The van der Waals surface area contributed by atoms with E-state index in [0.717, 1.165) is 0 Å². The van der Waals surface area contributed by atoms with Gasteiger partial charge in [-0.15, -0.1) is 0 Å². The lowest BCUT2D eigenvalue weighted by Gasteiger charge is -2.09. The molecule has 4 heteroatoms. The first-order chi connectivity index (χ1) is 5.22. The molecule has 0 heterocycles. The summed E-state index contributed by atoms with van der Waals surface area (Å²) in [7, 11) is 1.58. The Morgan fingerprint density at radius 3 is 2.45 bits per heavy atom. The quantitative estimate of drug-likeness (QED) is 0.610. The molecule has 0 fully saturated rings. The smallest absolute Gasteiger partial charge is 0.272 e. The Labute approximate surface area is 63.5 Å². The summed E-state index contributed by atoms with van der Waals surface area (Å²) in [5, 5.41) is 2.60. The molecule has 0 saturated heterocycles. The lowest BCUT2D eigenvalue weighted by Crippen LogP contribution is -2.35. The number of hydrogen-bond acceptors (Lipinski definition) is 4. The minimum Gasteiger partial charge on any atom is -0.488 e. The molecule has 0 saturated carbocycles. The number of anilines is 1. The minimum atomic E-state index is -0.531. The van der Waals surface area contributed by atoms with Gasteiger partial charge in [0, 0.05) is 7.05 Å². The third kappa shape index (κ3) is 1.00. The lowest BCUT2D eigenvalue weighted by atomic mass is 10.2. The number of nitrogens with one attached hydrogen (secondary N) is 1. The van der Waals surface area contributed by atoms with Crippen LogP contribution in [0.25, 0.3) is 0 Å². The normalized spacial score (nSPS) is 10.0. The van der Waals surface area contributed by atoms with Crippen LogP contribution < -0.4 is 20.9 Å². The maximum absolute atomic E-state index is 10.7. The topological polar surface area (TPSA) is 55.4 Å². The van der Waals surface area contributed by atoms with Crippen molar-refractivity contribution in [3.8, 4) is 5.75 Å². The van der Waals surface area contributed by atoms with E-state index >= 15 is 0 Å². The highest BCUT2D eigenvalue weighted by Crippen LogP contribution is 2.15. The Kier molecular flexibility index (Phi) is 1.94. The summed E-state index contributed by atoms with van der Waals surface area (Å²) in [5.41, 5.74) is -0.732. The molecule has 4 nitrogen and oxygen atoms in total. The maximum atomic E-state index is 10.7. The largest absolute Gasteiger partial charge is 0.488 e. The van der Waals surface area contributed by atoms with E-state index in [0.29, 0.717) is 6.61 Å². The molecule has 0 aromatic heterocycles. The molecule has 11 heavy (non-hydrogen) atoms. The van der Waals surface area contributed by atoms with Crippen molar-refractivity contribution in [3.63, 3.8) is 0 Å². The van der Waals surface area contributed by atoms with E-state index in [2.05, 4.69) is 5.32 Å². The van der Waals surface area contributed by atoms with Gasteiger partial charge in [-0.1, -0.05) is 0 Å². The molecule has 1 aromatic rings. The summed E-state index contributed by atoms with van der Waals surface area (Å²) in [6, 6.07) is 0. The van der Waals surface area contributed by atoms with E-state index in [1.54, 1.807) is 14.0 Å². The van der Waals surface area contributed by atoms with Crippen LogP contribution in [0.3, 0.4) is 0 Å². The molecular weight excluding hydrogens is 146 g/mol. The van der Waals surface area contributed by atoms with Gasteiger partial charge in [-0.05, 0) is 6.92 Å². The SMILES string of the molecule is CCOc1c(NC)c(=O)c1=O. The number of hydrogen-bond donors (Lipinski definition) is 1. The van der Waals surface area contributed by atoms with Crippen molar-refractivity contribution in [2.24, 2.45) is 0 Å². The molecular formula is C7H9NO3. The van der Waals surface area contributed by atoms with Gasteiger partial charge in [-0.3, -0.25) is 9.59 Å². The Bertz CT molecular complexity index is 322. The molecule has 0 spiro atoms. The predicted molar refractivity (Wildman–Crippen MR) is 42.1 cm³/mol. The molecule has 1 rings (SSSR count). The highest BCUT2D eigenvalue weighted by Gasteiger charge is 2.20. The van der Waals surface area contributed by atoms with Crippen LogP contribution in [0.15, 0.2) is 9.59 Å². The summed E-state index contributed by atoms with van der Waals surface area (Å²) in [4.78, 5) is 21.5. The zero-order chi connectivity index (χ0) is 8.43. The average Bonchev–Trinajstić information content (AvgIpc) is 2.04. The van der Waals surface area contributed by atoms with Crippen molar-refractivity contribution in [3.05, 3.63) is 20.4 Å². The summed E-state index contributed by atoms with van der Waals surface area (Å²) >= 11 is 0. The van der Waals surface area contributed by atoms with E-state index < -0.39 is 10.9 Å².